The maximum absolute atomic E-state index is 11.8. The zero-order valence-electron chi connectivity index (χ0n) is 9.36. The van der Waals surface area contributed by atoms with Crippen molar-refractivity contribution in [1.82, 2.24) is 0 Å². The van der Waals surface area contributed by atoms with E-state index < -0.39 is 0 Å². The van der Waals surface area contributed by atoms with Crippen molar-refractivity contribution in [3.63, 3.8) is 0 Å². The standard InChI is InChI=1S/C13H10BrClO2S/c14-13-6-5-12(18-13)11(16)8-17-7-9-3-1-2-4-10(9)15/h1-6H,7-8H2. The lowest BCUT2D eigenvalue weighted by Gasteiger charge is -2.04. The van der Waals surface area contributed by atoms with Gasteiger partial charge in [0.15, 0.2) is 5.78 Å². The van der Waals surface area contributed by atoms with Crippen LogP contribution in [0.25, 0.3) is 0 Å². The van der Waals surface area contributed by atoms with E-state index >= 15 is 0 Å². The number of halogens is 2. The van der Waals surface area contributed by atoms with E-state index in [1.165, 1.54) is 11.3 Å². The predicted molar refractivity (Wildman–Crippen MR) is 77.5 cm³/mol. The molecular weight excluding hydrogens is 336 g/mol. The van der Waals surface area contributed by atoms with Gasteiger partial charge in [-0.25, -0.2) is 0 Å². The van der Waals surface area contributed by atoms with Crippen LogP contribution >= 0.6 is 38.9 Å². The van der Waals surface area contributed by atoms with Gasteiger partial charge in [-0.1, -0.05) is 29.8 Å². The Morgan fingerprint density at radius 2 is 2.06 bits per heavy atom. The van der Waals surface area contributed by atoms with E-state index in [9.17, 15) is 4.79 Å². The van der Waals surface area contributed by atoms with Crippen molar-refractivity contribution in [3.8, 4) is 0 Å². The zero-order valence-corrected chi connectivity index (χ0v) is 12.5. The van der Waals surface area contributed by atoms with Crippen LogP contribution in [0.4, 0.5) is 0 Å². The number of hydrogen-bond acceptors (Lipinski definition) is 3. The Labute approximate surface area is 123 Å². The van der Waals surface area contributed by atoms with Gasteiger partial charge in [0.25, 0.3) is 0 Å². The van der Waals surface area contributed by atoms with Crippen LogP contribution < -0.4 is 0 Å². The summed E-state index contributed by atoms with van der Waals surface area (Å²) in [7, 11) is 0. The minimum Gasteiger partial charge on any atom is -0.369 e. The highest BCUT2D eigenvalue weighted by Crippen LogP contribution is 2.22. The second-order valence-corrected chi connectivity index (χ2v) is 6.48. The Balaban J connectivity index is 1.86. The average molecular weight is 346 g/mol. The summed E-state index contributed by atoms with van der Waals surface area (Å²) in [5.74, 6) is -0.0160. The molecule has 0 amide bonds. The molecule has 1 heterocycles. The van der Waals surface area contributed by atoms with E-state index in [1.807, 2.05) is 24.3 Å². The van der Waals surface area contributed by atoms with E-state index in [-0.39, 0.29) is 12.4 Å². The monoisotopic (exact) mass is 344 g/mol. The highest BCUT2D eigenvalue weighted by Gasteiger charge is 2.09. The number of ketones is 1. The summed E-state index contributed by atoms with van der Waals surface area (Å²) in [4.78, 5) is 12.5. The largest absolute Gasteiger partial charge is 0.369 e. The van der Waals surface area contributed by atoms with Crippen molar-refractivity contribution in [2.45, 2.75) is 6.61 Å². The molecule has 94 valence electrons. The topological polar surface area (TPSA) is 26.3 Å². The zero-order chi connectivity index (χ0) is 13.0. The van der Waals surface area contributed by atoms with Crippen molar-refractivity contribution >= 4 is 44.7 Å². The third kappa shape index (κ3) is 3.65. The van der Waals surface area contributed by atoms with E-state index in [1.54, 1.807) is 12.1 Å². The maximum atomic E-state index is 11.8. The van der Waals surface area contributed by atoms with Gasteiger partial charge >= 0.3 is 0 Å². The van der Waals surface area contributed by atoms with Crippen LogP contribution in [0.1, 0.15) is 15.2 Å². The molecule has 0 spiro atoms. The van der Waals surface area contributed by atoms with Gasteiger partial charge in [-0.3, -0.25) is 4.79 Å². The predicted octanol–water partition coefficient (Wildman–Crippen LogP) is 4.56. The first-order chi connectivity index (χ1) is 8.66. The lowest BCUT2D eigenvalue weighted by atomic mass is 10.2. The third-order valence-electron chi connectivity index (χ3n) is 2.30. The van der Waals surface area contributed by atoms with Gasteiger partial charge in [-0.05, 0) is 39.7 Å². The van der Waals surface area contributed by atoms with Crippen molar-refractivity contribution in [2.75, 3.05) is 6.61 Å². The number of benzene rings is 1. The van der Waals surface area contributed by atoms with Crippen molar-refractivity contribution in [2.24, 2.45) is 0 Å². The molecule has 0 aliphatic heterocycles. The molecule has 18 heavy (non-hydrogen) atoms. The second-order valence-electron chi connectivity index (χ2n) is 3.61. The quantitative estimate of drug-likeness (QED) is 0.742. The Kier molecular flexibility index (Phi) is 4.95. The molecule has 0 N–H and O–H groups in total. The molecule has 0 aliphatic carbocycles. The molecule has 5 heteroatoms. The Morgan fingerprint density at radius 1 is 1.28 bits per heavy atom. The number of Topliss-reactive ketones (excluding diaryl/α,β-unsaturated/α-hetero) is 1. The van der Waals surface area contributed by atoms with Crippen LogP contribution in [-0.4, -0.2) is 12.4 Å². The van der Waals surface area contributed by atoms with Crippen molar-refractivity contribution in [1.29, 1.82) is 0 Å². The summed E-state index contributed by atoms with van der Waals surface area (Å²) in [5, 5.41) is 0.656. The molecule has 2 rings (SSSR count). The average Bonchev–Trinajstić information content (AvgIpc) is 2.78. The van der Waals surface area contributed by atoms with Gasteiger partial charge in [0.1, 0.15) is 6.61 Å². The van der Waals surface area contributed by atoms with Gasteiger partial charge in [0, 0.05) is 5.02 Å². The van der Waals surface area contributed by atoms with E-state index in [0.717, 1.165) is 9.35 Å². The highest BCUT2D eigenvalue weighted by atomic mass is 79.9. The molecule has 0 atom stereocenters. The minimum absolute atomic E-state index is 0.0160. The fraction of sp³-hybridized carbons (Fsp3) is 0.154. The first-order valence-electron chi connectivity index (χ1n) is 5.26. The van der Waals surface area contributed by atoms with Crippen molar-refractivity contribution in [3.05, 3.63) is 55.6 Å². The van der Waals surface area contributed by atoms with Gasteiger partial charge in [-0.15, -0.1) is 11.3 Å². The molecule has 1 aromatic heterocycles. The molecule has 0 radical (unpaired) electrons. The highest BCUT2D eigenvalue weighted by molar-refractivity contribution is 9.11. The van der Waals surface area contributed by atoms with Crippen LogP contribution in [0.2, 0.25) is 5.02 Å². The number of ether oxygens (including phenoxy) is 1. The summed E-state index contributed by atoms with van der Waals surface area (Å²) in [6, 6.07) is 11.1. The molecule has 2 aromatic rings. The minimum atomic E-state index is -0.0160. The Bertz CT molecular complexity index is 553. The van der Waals surface area contributed by atoms with E-state index in [2.05, 4.69) is 15.9 Å². The molecule has 0 saturated carbocycles. The Morgan fingerprint density at radius 3 is 2.72 bits per heavy atom. The van der Waals surface area contributed by atoms with Crippen molar-refractivity contribution < 1.29 is 9.53 Å². The number of carbonyl (C=O) groups excluding carboxylic acids is 1. The fourth-order valence-electron chi connectivity index (χ4n) is 1.40. The first-order valence-corrected chi connectivity index (χ1v) is 7.25. The van der Waals surface area contributed by atoms with Crippen LogP contribution in [0.5, 0.6) is 0 Å². The maximum Gasteiger partial charge on any atom is 0.198 e. The normalized spacial score (nSPS) is 10.6. The smallest absolute Gasteiger partial charge is 0.198 e. The summed E-state index contributed by atoms with van der Waals surface area (Å²) in [5.41, 5.74) is 0.888. The van der Waals surface area contributed by atoms with E-state index in [0.29, 0.717) is 16.5 Å². The fourth-order valence-corrected chi connectivity index (χ4v) is 2.91. The molecule has 1 aromatic carbocycles. The SMILES string of the molecule is O=C(COCc1ccccc1Cl)c1ccc(Br)s1. The van der Waals surface area contributed by atoms with E-state index in [4.69, 9.17) is 16.3 Å². The summed E-state index contributed by atoms with van der Waals surface area (Å²) >= 11 is 10.7. The molecule has 0 aliphatic rings. The van der Waals surface area contributed by atoms with Gasteiger partial charge in [0.05, 0.1) is 15.3 Å². The lowest BCUT2D eigenvalue weighted by Crippen LogP contribution is -2.07. The molecule has 2 nitrogen and oxygen atoms in total. The lowest BCUT2D eigenvalue weighted by molar-refractivity contribution is 0.0730. The van der Waals surface area contributed by atoms with Gasteiger partial charge in [-0.2, -0.15) is 0 Å². The number of carbonyl (C=O) groups is 1. The molecule has 0 unspecified atom stereocenters. The molecular formula is C13H10BrClO2S. The number of rotatable bonds is 5. The molecule has 0 fully saturated rings. The first kappa shape index (κ1) is 13.7. The third-order valence-corrected chi connectivity index (χ3v) is 4.33. The number of thiophene rings is 1. The van der Waals surface area contributed by atoms with Crippen LogP contribution in [0.15, 0.2) is 40.2 Å². The summed E-state index contributed by atoms with van der Waals surface area (Å²) < 4.78 is 6.32. The van der Waals surface area contributed by atoms with Gasteiger partial charge < -0.3 is 4.74 Å². The van der Waals surface area contributed by atoms with Crippen LogP contribution in [0, 0.1) is 0 Å². The summed E-state index contributed by atoms with van der Waals surface area (Å²) in [6.45, 7) is 0.413. The second kappa shape index (κ2) is 6.48. The summed E-state index contributed by atoms with van der Waals surface area (Å²) in [6.07, 6.45) is 0. The number of hydrogen-bond donors (Lipinski definition) is 0. The molecule has 0 saturated heterocycles. The Hall–Kier alpha value is -0.680. The van der Waals surface area contributed by atoms with Crippen LogP contribution in [0.3, 0.4) is 0 Å². The van der Waals surface area contributed by atoms with Gasteiger partial charge in [0.2, 0.25) is 0 Å². The molecule has 0 bridgehead atoms. The van der Waals surface area contributed by atoms with Crippen LogP contribution in [-0.2, 0) is 11.3 Å².